The molecule has 2 aromatic heterocycles. The first-order chi connectivity index (χ1) is 11.8. The Labute approximate surface area is 154 Å². The number of carbonyl (C=O) groups excluding carboxylic acids is 1. The Balaban J connectivity index is 2.23. The van der Waals surface area contributed by atoms with Gasteiger partial charge in [-0.1, -0.05) is 13.8 Å². The van der Waals surface area contributed by atoms with Crippen molar-refractivity contribution in [3.8, 4) is 0 Å². The molecule has 25 heavy (non-hydrogen) atoms. The van der Waals surface area contributed by atoms with Crippen molar-refractivity contribution in [3.05, 3.63) is 16.8 Å². The minimum absolute atomic E-state index is 0.0627. The number of nitrogens with zero attached hydrogens (tertiary/aromatic N) is 4. The molecule has 0 aliphatic carbocycles. The van der Waals surface area contributed by atoms with Crippen LogP contribution in [0.4, 0.5) is 5.82 Å². The topological polar surface area (TPSA) is 61.4 Å². The van der Waals surface area contributed by atoms with E-state index in [-0.39, 0.29) is 5.91 Å². The summed E-state index contributed by atoms with van der Waals surface area (Å²) in [5, 5.41) is 4.37. The number of carbonyl (C=O) groups is 1. The molecule has 0 aliphatic heterocycles. The smallest absolute Gasteiger partial charge is 0.264 e. The van der Waals surface area contributed by atoms with Gasteiger partial charge in [-0.2, -0.15) is 0 Å². The molecular weight excluding hydrogens is 334 g/mol. The number of hydrogen-bond donors (Lipinski definition) is 1. The van der Waals surface area contributed by atoms with E-state index < -0.39 is 0 Å². The van der Waals surface area contributed by atoms with Crippen LogP contribution in [0.5, 0.6) is 0 Å². The van der Waals surface area contributed by atoms with Crippen molar-refractivity contribution in [2.24, 2.45) is 5.92 Å². The third-order valence-electron chi connectivity index (χ3n) is 3.98. The minimum atomic E-state index is 0.0627. The average molecular weight is 364 g/mol. The highest BCUT2D eigenvalue weighted by molar-refractivity contribution is 7.20. The summed E-state index contributed by atoms with van der Waals surface area (Å²) in [5.74, 6) is 1.33. The second-order valence-electron chi connectivity index (χ2n) is 7.12. The number of nitrogens with one attached hydrogen (secondary N) is 1. The highest BCUT2D eigenvalue weighted by Gasteiger charge is 2.22. The highest BCUT2D eigenvalue weighted by atomic mass is 32.1. The van der Waals surface area contributed by atoms with Gasteiger partial charge in [0.25, 0.3) is 5.91 Å². The number of fused-ring (bicyclic) bond motifs is 1. The summed E-state index contributed by atoms with van der Waals surface area (Å²) in [5.41, 5.74) is 0.969. The van der Waals surface area contributed by atoms with Gasteiger partial charge in [-0.3, -0.25) is 4.79 Å². The van der Waals surface area contributed by atoms with E-state index in [1.807, 2.05) is 14.0 Å². The molecule has 0 bridgehead atoms. The summed E-state index contributed by atoms with van der Waals surface area (Å²) in [4.78, 5) is 27.1. The van der Waals surface area contributed by atoms with Gasteiger partial charge in [0.15, 0.2) is 0 Å². The summed E-state index contributed by atoms with van der Waals surface area (Å²) in [7, 11) is 5.99. The van der Waals surface area contributed by atoms with Gasteiger partial charge in [-0.15, -0.1) is 11.3 Å². The van der Waals surface area contributed by atoms with E-state index in [2.05, 4.69) is 48.1 Å². The molecule has 0 spiro atoms. The molecule has 1 amide bonds. The van der Waals surface area contributed by atoms with Crippen molar-refractivity contribution in [2.75, 3.05) is 46.1 Å². The summed E-state index contributed by atoms with van der Waals surface area (Å²) >= 11 is 1.46. The Kier molecular flexibility index (Phi) is 6.72. The number of thiophene rings is 1. The summed E-state index contributed by atoms with van der Waals surface area (Å²) in [6.45, 7) is 8.83. The molecule has 0 aliphatic rings. The molecule has 138 valence electrons. The molecule has 0 fully saturated rings. The van der Waals surface area contributed by atoms with Gasteiger partial charge in [-0.25, -0.2) is 9.97 Å². The van der Waals surface area contributed by atoms with Gasteiger partial charge in [0.1, 0.15) is 17.0 Å². The first kappa shape index (κ1) is 19.6. The lowest BCUT2D eigenvalue weighted by molar-refractivity contribution is 0.0783. The molecule has 6 nitrogen and oxygen atoms in total. The first-order valence-electron chi connectivity index (χ1n) is 8.69. The van der Waals surface area contributed by atoms with Gasteiger partial charge < -0.3 is 15.1 Å². The lowest BCUT2D eigenvalue weighted by Crippen LogP contribution is -2.30. The summed E-state index contributed by atoms with van der Waals surface area (Å²) in [6, 6.07) is 0. The lowest BCUT2D eigenvalue weighted by atomic mass is 10.1. The molecule has 2 aromatic rings. The Morgan fingerprint density at radius 1 is 1.28 bits per heavy atom. The predicted octanol–water partition coefficient (Wildman–Crippen LogP) is 3.09. The van der Waals surface area contributed by atoms with Crippen molar-refractivity contribution in [3.63, 3.8) is 0 Å². The number of hydrogen-bond acceptors (Lipinski definition) is 6. The molecule has 2 heterocycles. The van der Waals surface area contributed by atoms with Gasteiger partial charge in [0.2, 0.25) is 0 Å². The Morgan fingerprint density at radius 3 is 2.64 bits per heavy atom. The maximum atomic E-state index is 12.8. The molecule has 0 unspecified atom stereocenters. The van der Waals surface area contributed by atoms with Gasteiger partial charge >= 0.3 is 0 Å². The van der Waals surface area contributed by atoms with Crippen LogP contribution >= 0.6 is 11.3 Å². The average Bonchev–Trinajstić information content (AvgIpc) is 2.87. The first-order valence-corrected chi connectivity index (χ1v) is 9.51. The van der Waals surface area contributed by atoms with E-state index >= 15 is 0 Å². The molecule has 0 radical (unpaired) electrons. The van der Waals surface area contributed by atoms with Crippen LogP contribution in [0, 0.1) is 12.8 Å². The molecule has 0 atom stereocenters. The van der Waals surface area contributed by atoms with Crippen LogP contribution in [0.3, 0.4) is 0 Å². The van der Waals surface area contributed by atoms with E-state index in [0.717, 1.165) is 52.5 Å². The van der Waals surface area contributed by atoms with E-state index in [0.29, 0.717) is 5.92 Å². The van der Waals surface area contributed by atoms with Crippen molar-refractivity contribution in [2.45, 2.75) is 27.2 Å². The zero-order chi connectivity index (χ0) is 18.6. The molecular formula is C18H29N5OS. The van der Waals surface area contributed by atoms with Crippen molar-refractivity contribution in [1.82, 2.24) is 19.8 Å². The maximum Gasteiger partial charge on any atom is 0.264 e. The number of aromatic nitrogens is 2. The maximum absolute atomic E-state index is 12.8. The van der Waals surface area contributed by atoms with Crippen molar-refractivity contribution < 1.29 is 4.79 Å². The van der Waals surface area contributed by atoms with Crippen LogP contribution in [0.15, 0.2) is 6.33 Å². The fourth-order valence-corrected chi connectivity index (χ4v) is 3.96. The van der Waals surface area contributed by atoms with Crippen molar-refractivity contribution in [1.29, 1.82) is 0 Å². The molecule has 7 heteroatoms. The van der Waals surface area contributed by atoms with Gasteiger partial charge in [-0.05, 0) is 45.5 Å². The number of amides is 1. The quantitative estimate of drug-likeness (QED) is 0.730. The molecule has 0 saturated carbocycles. The summed E-state index contributed by atoms with van der Waals surface area (Å²) < 4.78 is 0. The predicted molar refractivity (Wildman–Crippen MR) is 106 cm³/mol. The largest absolute Gasteiger partial charge is 0.369 e. The van der Waals surface area contributed by atoms with E-state index in [1.165, 1.54) is 11.3 Å². The minimum Gasteiger partial charge on any atom is -0.369 e. The highest BCUT2D eigenvalue weighted by Crippen LogP contribution is 2.33. The Bertz CT molecular complexity index is 726. The number of aryl methyl sites for hydroxylation is 1. The Hall–Kier alpha value is -1.73. The normalized spacial score (nSPS) is 11.5. The molecule has 0 saturated heterocycles. The zero-order valence-corrected chi connectivity index (χ0v) is 16.9. The van der Waals surface area contributed by atoms with Crippen LogP contribution in [-0.4, -0.2) is 66.5 Å². The summed E-state index contributed by atoms with van der Waals surface area (Å²) in [6.07, 6.45) is 2.60. The second-order valence-corrected chi connectivity index (χ2v) is 8.12. The lowest BCUT2D eigenvalue weighted by Gasteiger charge is -2.18. The number of anilines is 1. The third kappa shape index (κ3) is 4.89. The standard InChI is InChI=1S/C18H29N5OS/c1-12(2)10-23(6)18(24)15-13(3)14-16(19-8-7-9-22(4)5)20-11-21-17(14)25-15/h11-12H,7-10H2,1-6H3,(H,19,20,21). The van der Waals surface area contributed by atoms with Crippen molar-refractivity contribution >= 4 is 33.3 Å². The van der Waals surface area contributed by atoms with Crippen LogP contribution in [0.2, 0.25) is 0 Å². The van der Waals surface area contributed by atoms with Gasteiger partial charge in [0.05, 0.1) is 10.3 Å². The van der Waals surface area contributed by atoms with E-state index in [1.54, 1.807) is 11.2 Å². The van der Waals surface area contributed by atoms with E-state index in [9.17, 15) is 4.79 Å². The fraction of sp³-hybridized carbons (Fsp3) is 0.611. The Morgan fingerprint density at radius 2 is 2.00 bits per heavy atom. The van der Waals surface area contributed by atoms with Crippen LogP contribution in [-0.2, 0) is 0 Å². The van der Waals surface area contributed by atoms with Crippen LogP contribution in [0.25, 0.3) is 10.2 Å². The monoisotopic (exact) mass is 363 g/mol. The number of rotatable bonds is 8. The van der Waals surface area contributed by atoms with E-state index in [4.69, 9.17) is 0 Å². The van der Waals surface area contributed by atoms with Crippen LogP contribution in [0.1, 0.15) is 35.5 Å². The SMILES string of the molecule is Cc1c(C(=O)N(C)CC(C)C)sc2ncnc(NCCCN(C)C)c12. The molecule has 1 N–H and O–H groups in total. The second kappa shape index (κ2) is 8.58. The zero-order valence-electron chi connectivity index (χ0n) is 16.1. The molecule has 0 aromatic carbocycles. The van der Waals surface area contributed by atoms with Crippen LogP contribution < -0.4 is 5.32 Å². The fourth-order valence-electron chi connectivity index (χ4n) is 2.82. The van der Waals surface area contributed by atoms with Gasteiger partial charge in [0, 0.05) is 20.1 Å². The third-order valence-corrected chi connectivity index (χ3v) is 5.17. The molecule has 2 rings (SSSR count).